The smallest absolute Gasteiger partial charge is 0.359 e. The fourth-order valence-electron chi connectivity index (χ4n) is 7.94. The SMILES string of the molecule is CCOC(=O)C1=NCC2=C1CCCOC2C.CCOC(=O)c1n[nH]c2c1C(C)OCCC2.CCOC(=O)c1n[nH]c2c1CC(C)OCC2.CCOC(=O)c1n[nH]c2c1CCOC(C)C2. The van der Waals surface area contributed by atoms with E-state index in [9.17, 15) is 19.2 Å². The Morgan fingerprint density at radius 2 is 1.06 bits per heavy atom. The minimum atomic E-state index is -0.377. The number of esters is 4. The van der Waals surface area contributed by atoms with Gasteiger partial charge in [-0.25, -0.2) is 19.2 Å². The normalized spacial score (nSPS) is 21.2. The fraction of sp³-hybridized carbons (Fsp3) is 0.644. The van der Waals surface area contributed by atoms with Gasteiger partial charge in [0, 0.05) is 72.7 Å². The molecule has 5 aliphatic heterocycles. The van der Waals surface area contributed by atoms with Gasteiger partial charge in [-0.15, -0.1) is 0 Å². The zero-order chi connectivity index (χ0) is 46.2. The van der Waals surface area contributed by atoms with Gasteiger partial charge in [0.15, 0.2) is 17.1 Å². The Morgan fingerprint density at radius 3 is 1.72 bits per heavy atom. The molecule has 3 aromatic rings. The summed E-state index contributed by atoms with van der Waals surface area (Å²) in [6, 6.07) is 0. The monoisotopic (exact) mass is 895 g/mol. The highest BCUT2D eigenvalue weighted by molar-refractivity contribution is 6.44. The second-order valence-corrected chi connectivity index (χ2v) is 15.6. The lowest BCUT2D eigenvalue weighted by Crippen LogP contribution is -2.19. The van der Waals surface area contributed by atoms with Crippen LogP contribution in [0.2, 0.25) is 0 Å². The zero-order valence-corrected chi connectivity index (χ0v) is 38.5. The van der Waals surface area contributed by atoms with Crippen LogP contribution in [-0.4, -0.2) is 138 Å². The maximum Gasteiger partial charge on any atom is 0.359 e. The lowest BCUT2D eigenvalue weighted by molar-refractivity contribution is -0.135. The average Bonchev–Trinajstić information content (AvgIpc) is 3.98. The van der Waals surface area contributed by atoms with Crippen LogP contribution < -0.4 is 0 Å². The van der Waals surface area contributed by atoms with E-state index in [4.69, 9.17) is 37.9 Å². The van der Waals surface area contributed by atoms with Crippen molar-refractivity contribution in [1.82, 2.24) is 30.6 Å². The number of carbonyl (C=O) groups is 4. The van der Waals surface area contributed by atoms with E-state index in [0.29, 0.717) is 88.4 Å². The average molecular weight is 896 g/mol. The van der Waals surface area contributed by atoms with E-state index in [1.807, 2.05) is 34.6 Å². The van der Waals surface area contributed by atoms with Crippen molar-refractivity contribution in [2.24, 2.45) is 4.99 Å². The van der Waals surface area contributed by atoms with Gasteiger partial charge >= 0.3 is 23.9 Å². The summed E-state index contributed by atoms with van der Waals surface area (Å²) in [6.45, 7) is 20.0. The summed E-state index contributed by atoms with van der Waals surface area (Å²) >= 11 is 0. The molecule has 5 aliphatic rings. The van der Waals surface area contributed by atoms with Crippen LogP contribution in [0.1, 0.15) is 146 Å². The molecule has 4 atom stereocenters. The predicted molar refractivity (Wildman–Crippen MR) is 233 cm³/mol. The number of nitrogens with zero attached hydrogens (tertiary/aromatic N) is 4. The van der Waals surface area contributed by atoms with Gasteiger partial charge in [-0.1, -0.05) is 0 Å². The molecule has 64 heavy (non-hydrogen) atoms. The number of hydrogen-bond acceptors (Lipinski definition) is 16. The van der Waals surface area contributed by atoms with E-state index in [1.165, 1.54) is 0 Å². The maximum absolute atomic E-state index is 11.7. The summed E-state index contributed by atoms with van der Waals surface area (Å²) in [4.78, 5) is 50.9. The number of aryl methyl sites for hydroxylation is 1. The summed E-state index contributed by atoms with van der Waals surface area (Å²) in [7, 11) is 0. The molecule has 0 bridgehead atoms. The van der Waals surface area contributed by atoms with Crippen LogP contribution in [0.15, 0.2) is 16.1 Å². The second-order valence-electron chi connectivity index (χ2n) is 15.6. The number of H-pyrrole nitrogens is 3. The van der Waals surface area contributed by atoms with Crippen LogP contribution in [0.5, 0.6) is 0 Å². The van der Waals surface area contributed by atoms with Gasteiger partial charge in [-0.2, -0.15) is 15.3 Å². The minimum Gasteiger partial charge on any atom is -0.461 e. The van der Waals surface area contributed by atoms with Crippen molar-refractivity contribution in [3.8, 4) is 0 Å². The summed E-state index contributed by atoms with van der Waals surface area (Å²) in [5.41, 5.74) is 9.66. The van der Waals surface area contributed by atoms with Crippen molar-refractivity contribution >= 4 is 29.6 Å². The largest absolute Gasteiger partial charge is 0.461 e. The minimum absolute atomic E-state index is 0.0770. The number of aliphatic imine (C=N–C) groups is 1. The van der Waals surface area contributed by atoms with Gasteiger partial charge in [0.2, 0.25) is 0 Å². The molecule has 4 unspecified atom stereocenters. The summed E-state index contributed by atoms with van der Waals surface area (Å²) in [5, 5.41) is 20.8. The summed E-state index contributed by atoms with van der Waals surface area (Å²) in [5.74, 6) is -1.37. The molecule has 0 spiro atoms. The van der Waals surface area contributed by atoms with Gasteiger partial charge in [0.1, 0.15) is 5.71 Å². The highest BCUT2D eigenvalue weighted by Crippen LogP contribution is 2.29. The first-order chi connectivity index (χ1) is 30.9. The van der Waals surface area contributed by atoms with E-state index in [0.717, 1.165) is 90.1 Å². The third-order valence-electron chi connectivity index (χ3n) is 11.0. The van der Waals surface area contributed by atoms with E-state index < -0.39 is 0 Å². The number of rotatable bonds is 8. The molecule has 0 fully saturated rings. The van der Waals surface area contributed by atoms with Crippen molar-refractivity contribution in [3.05, 3.63) is 62.0 Å². The highest BCUT2D eigenvalue weighted by Gasteiger charge is 2.31. The quantitative estimate of drug-likeness (QED) is 0.192. The number of ether oxygens (including phenoxy) is 8. The molecule has 352 valence electrons. The first kappa shape index (κ1) is 49.8. The fourth-order valence-corrected chi connectivity index (χ4v) is 7.94. The maximum atomic E-state index is 11.7. The number of aromatic amines is 3. The topological polar surface area (TPSA) is 241 Å². The molecule has 3 N–H and O–H groups in total. The lowest BCUT2D eigenvalue weighted by Gasteiger charge is -2.11. The molecule has 3 aromatic heterocycles. The Hall–Kier alpha value is -5.24. The Morgan fingerprint density at radius 1 is 0.547 bits per heavy atom. The lowest BCUT2D eigenvalue weighted by atomic mass is 9.99. The van der Waals surface area contributed by atoms with E-state index in [-0.39, 0.29) is 48.3 Å². The van der Waals surface area contributed by atoms with Crippen molar-refractivity contribution in [1.29, 1.82) is 0 Å². The standard InChI is InChI=1S/C12H17NO3.3C11H16N2O3/c1-3-15-12(14)11-9-5-4-6-16-8(2)10(9)7-13-11;1-3-15-11(14)10-8-6-7(2)16-5-4-9(8)12-13-10;1-3-15-11(14)10-8-4-5-16-7(2)6-9(8)12-13-10;1-3-15-11(14)10-9-7(2)16-6-4-5-8(9)12-13-10/h8H,3-7H2,1-2H3;3*7H,3-6H2,1-2H3,(H,12,13). The number of hydrogen-bond donors (Lipinski definition) is 3. The molecule has 0 aliphatic carbocycles. The summed E-state index contributed by atoms with van der Waals surface area (Å²) < 4.78 is 42.2. The van der Waals surface area contributed by atoms with Crippen LogP contribution in [0.3, 0.4) is 0 Å². The molecule has 8 rings (SSSR count). The predicted octanol–water partition coefficient (Wildman–Crippen LogP) is 5.29. The van der Waals surface area contributed by atoms with E-state index in [2.05, 4.69) is 35.6 Å². The van der Waals surface area contributed by atoms with E-state index in [1.54, 1.807) is 20.8 Å². The number of fused-ring (bicyclic) bond motifs is 3. The van der Waals surface area contributed by atoms with Crippen LogP contribution in [-0.2, 0) is 74.8 Å². The van der Waals surface area contributed by atoms with Crippen LogP contribution in [0.4, 0.5) is 0 Å². The van der Waals surface area contributed by atoms with Crippen molar-refractivity contribution in [3.63, 3.8) is 0 Å². The van der Waals surface area contributed by atoms with Gasteiger partial charge in [-0.05, 0) is 92.2 Å². The molecule has 0 aromatic carbocycles. The highest BCUT2D eigenvalue weighted by atomic mass is 16.5. The Bertz CT molecular complexity index is 2100. The molecule has 8 heterocycles. The van der Waals surface area contributed by atoms with E-state index >= 15 is 0 Å². The first-order valence-corrected chi connectivity index (χ1v) is 22.5. The third-order valence-corrected chi connectivity index (χ3v) is 11.0. The van der Waals surface area contributed by atoms with Gasteiger partial charge in [0.05, 0.1) is 70.6 Å². The number of nitrogens with one attached hydrogen (secondary N) is 3. The Balaban J connectivity index is 0.000000161. The second kappa shape index (κ2) is 24.7. The van der Waals surface area contributed by atoms with Crippen LogP contribution >= 0.6 is 0 Å². The van der Waals surface area contributed by atoms with Crippen molar-refractivity contribution in [2.45, 2.75) is 131 Å². The summed E-state index contributed by atoms with van der Waals surface area (Å²) in [6.07, 6.45) is 6.85. The molecule has 0 saturated heterocycles. The molecular weight excluding hydrogens is 831 g/mol. The van der Waals surface area contributed by atoms with Crippen LogP contribution in [0.25, 0.3) is 0 Å². The molecule has 0 amide bonds. The third kappa shape index (κ3) is 12.9. The number of aromatic nitrogens is 6. The molecule has 0 radical (unpaired) electrons. The van der Waals surface area contributed by atoms with Crippen molar-refractivity contribution in [2.75, 3.05) is 59.4 Å². The molecule has 0 saturated carbocycles. The molecular formula is C45H65N7O12. The van der Waals surface area contributed by atoms with Gasteiger partial charge in [-0.3, -0.25) is 20.3 Å². The van der Waals surface area contributed by atoms with Crippen LogP contribution in [0, 0.1) is 0 Å². The Labute approximate surface area is 374 Å². The molecule has 19 nitrogen and oxygen atoms in total. The van der Waals surface area contributed by atoms with Gasteiger partial charge < -0.3 is 37.9 Å². The molecule has 19 heteroatoms. The van der Waals surface area contributed by atoms with Crippen molar-refractivity contribution < 1.29 is 57.1 Å². The van der Waals surface area contributed by atoms with Gasteiger partial charge in [0.25, 0.3) is 0 Å². The number of carbonyl (C=O) groups excluding carboxylic acids is 4. The zero-order valence-electron chi connectivity index (χ0n) is 38.5. The first-order valence-electron chi connectivity index (χ1n) is 22.5. The Kier molecular flexibility index (Phi) is 19.2.